The minimum absolute atomic E-state index is 0. The molecule has 0 amide bonds. The maximum absolute atomic E-state index is 12.0. The fraction of sp³-hybridized carbons (Fsp3) is 0.923. The molecule has 2 N–H and O–H groups in total. The van der Waals surface area contributed by atoms with Gasteiger partial charge in [-0.3, -0.25) is 9.55 Å². The van der Waals surface area contributed by atoms with E-state index in [0.717, 1.165) is 32.1 Å². The van der Waals surface area contributed by atoms with Crippen LogP contribution in [0.3, 0.4) is 0 Å². The summed E-state index contributed by atoms with van der Waals surface area (Å²) < 4.78 is 36.6. The summed E-state index contributed by atoms with van der Waals surface area (Å²) in [5.41, 5.74) is 0.0993. The molecule has 9 nitrogen and oxygen atoms in total. The Morgan fingerprint density at radius 3 is 2.32 bits per heavy atom. The largest absolute Gasteiger partial charge is 1.00 e. The Morgan fingerprint density at radius 2 is 1.68 bits per heavy atom. The molecule has 0 aromatic carbocycles. The van der Waals surface area contributed by atoms with Crippen LogP contribution in [0.4, 0.5) is 0 Å². The number of hydrogen-bond acceptors (Lipinski definition) is 8. The number of carbonyl (C=O) groups excluding carboxylic acids is 1. The molecule has 38 heavy (non-hydrogen) atoms. The van der Waals surface area contributed by atoms with E-state index in [0.29, 0.717) is 49.4 Å². The average molecular weight is 574 g/mol. The molecule has 0 saturated heterocycles. The van der Waals surface area contributed by atoms with Gasteiger partial charge in [-0.1, -0.05) is 20.8 Å². The monoisotopic (exact) mass is 573 g/mol. The molecule has 0 heterocycles. The van der Waals surface area contributed by atoms with Crippen molar-refractivity contribution in [1.82, 2.24) is 0 Å². The first-order valence-electron chi connectivity index (χ1n) is 13.5. The van der Waals surface area contributed by atoms with Crippen molar-refractivity contribution < 1.29 is 96.4 Å². The Hall–Kier alpha value is 0.770. The SMILES string of the molecule is CC(CCC([O-])=NCC(=O)[O-])C1CCC2C3C(O)CC4CC(OS(=O)(=O)O)CCC4(C)C3CCC12C.[Na+].[Na+]. The van der Waals surface area contributed by atoms with Crippen molar-refractivity contribution in [2.24, 2.45) is 51.3 Å². The third-order valence-electron chi connectivity index (χ3n) is 10.9. The number of carbonyl (C=O) groups is 1. The second-order valence-electron chi connectivity index (χ2n) is 12.5. The molecule has 12 heteroatoms. The summed E-state index contributed by atoms with van der Waals surface area (Å²) in [6.07, 6.45) is 6.73. The predicted molar refractivity (Wildman–Crippen MR) is 129 cm³/mol. The average Bonchev–Trinajstić information content (AvgIpc) is 3.13. The van der Waals surface area contributed by atoms with Crippen LogP contribution in [0.15, 0.2) is 4.99 Å². The fourth-order valence-electron chi connectivity index (χ4n) is 9.20. The van der Waals surface area contributed by atoms with E-state index in [1.807, 2.05) is 0 Å². The van der Waals surface area contributed by atoms with Gasteiger partial charge in [-0.25, -0.2) is 4.18 Å². The minimum Gasteiger partial charge on any atom is -0.862 e. The number of fused-ring (bicyclic) bond motifs is 5. The maximum Gasteiger partial charge on any atom is 1.00 e. The molecule has 0 aromatic rings. The normalized spacial score (nSPS) is 41.5. The van der Waals surface area contributed by atoms with Gasteiger partial charge in [0.1, 0.15) is 0 Å². The number of aliphatic imine (C=N–C) groups is 1. The van der Waals surface area contributed by atoms with Crippen molar-refractivity contribution in [3.63, 3.8) is 0 Å². The quantitative estimate of drug-likeness (QED) is 0.128. The first-order chi connectivity index (χ1) is 16.7. The Morgan fingerprint density at radius 1 is 1.05 bits per heavy atom. The standard InChI is InChI=1S/C26H43NO8S.2Na/c1-15(4-7-22(29)27-14-23(30)31)18-5-6-19-24-20(9-11-26(18,19)3)25(2)10-8-17(35-36(32,33)34)12-16(25)13-21(24)28;;/h15-21,24,28H,4-14H2,1-3H3,(H,27,29)(H,30,31)(H,32,33,34);;/q;2*+1/p-2. The topological polar surface area (TPSA) is 159 Å². The van der Waals surface area contributed by atoms with Gasteiger partial charge >= 0.3 is 69.5 Å². The zero-order valence-electron chi connectivity index (χ0n) is 23.6. The molecule has 4 rings (SSSR count). The van der Waals surface area contributed by atoms with Crippen LogP contribution >= 0.6 is 0 Å². The van der Waals surface area contributed by atoms with Crippen molar-refractivity contribution in [3.8, 4) is 0 Å². The van der Waals surface area contributed by atoms with Crippen LogP contribution in [0.2, 0.25) is 0 Å². The zero-order valence-corrected chi connectivity index (χ0v) is 28.4. The second-order valence-corrected chi connectivity index (χ2v) is 13.6. The smallest absolute Gasteiger partial charge is 0.862 e. The summed E-state index contributed by atoms with van der Waals surface area (Å²) in [6, 6.07) is 0. The van der Waals surface area contributed by atoms with E-state index in [9.17, 15) is 28.5 Å². The van der Waals surface area contributed by atoms with Crippen LogP contribution in [0, 0.1) is 46.3 Å². The van der Waals surface area contributed by atoms with E-state index in [1.165, 1.54) is 0 Å². The summed E-state index contributed by atoms with van der Waals surface area (Å²) in [7, 11) is -4.49. The maximum atomic E-state index is 12.0. The molecule has 10 atom stereocenters. The van der Waals surface area contributed by atoms with E-state index in [1.54, 1.807) is 0 Å². The Kier molecular flexibility index (Phi) is 12.3. The molecule has 0 aliphatic heterocycles. The van der Waals surface area contributed by atoms with Crippen molar-refractivity contribution in [2.75, 3.05) is 6.54 Å². The summed E-state index contributed by atoms with van der Waals surface area (Å²) in [5, 5.41) is 34.0. The molecule has 4 fully saturated rings. The minimum atomic E-state index is -4.49. The van der Waals surface area contributed by atoms with Crippen LogP contribution < -0.4 is 69.3 Å². The molecule has 0 spiro atoms. The predicted octanol–water partition coefficient (Wildman–Crippen LogP) is -4.26. The Balaban J connectivity index is 0.00000253. The van der Waals surface area contributed by atoms with Crippen LogP contribution in [0.1, 0.15) is 85.0 Å². The number of aliphatic hydroxyl groups excluding tert-OH is 1. The van der Waals surface area contributed by atoms with Crippen LogP contribution in [-0.4, -0.2) is 48.7 Å². The van der Waals surface area contributed by atoms with Gasteiger partial charge in [0.2, 0.25) is 0 Å². The molecule has 10 unspecified atom stereocenters. The number of aliphatic carboxylic acids is 1. The van der Waals surface area contributed by atoms with E-state index in [4.69, 9.17) is 8.74 Å². The second kappa shape index (κ2) is 13.4. The molecule has 4 saturated carbocycles. The van der Waals surface area contributed by atoms with Gasteiger partial charge in [0.05, 0.1) is 24.7 Å². The van der Waals surface area contributed by atoms with Gasteiger partial charge in [0.25, 0.3) is 0 Å². The number of carboxylic acid groups (broad SMARTS) is 1. The van der Waals surface area contributed by atoms with Crippen LogP contribution in [0.25, 0.3) is 0 Å². The summed E-state index contributed by atoms with van der Waals surface area (Å²) in [4.78, 5) is 14.1. The van der Waals surface area contributed by atoms with Gasteiger partial charge < -0.3 is 20.1 Å². The summed E-state index contributed by atoms with van der Waals surface area (Å²) in [5.74, 6) is 0.151. The molecule has 0 aromatic heterocycles. The summed E-state index contributed by atoms with van der Waals surface area (Å²) in [6.45, 7) is 6.27. The Bertz CT molecular complexity index is 980. The number of aliphatic hydroxyl groups is 1. The fourth-order valence-corrected chi connectivity index (χ4v) is 9.72. The van der Waals surface area contributed by atoms with Crippen molar-refractivity contribution in [1.29, 1.82) is 0 Å². The zero-order chi connectivity index (χ0) is 26.5. The van der Waals surface area contributed by atoms with E-state index in [2.05, 4.69) is 25.8 Å². The van der Waals surface area contributed by atoms with Crippen LogP contribution in [0.5, 0.6) is 0 Å². The number of nitrogens with zero attached hydrogens (tertiary/aromatic N) is 1. The molecular formula is C26H41NNa2O8S. The van der Waals surface area contributed by atoms with E-state index < -0.39 is 35.1 Å². The molecular weight excluding hydrogens is 532 g/mol. The van der Waals surface area contributed by atoms with Gasteiger partial charge in [-0.2, -0.15) is 8.42 Å². The van der Waals surface area contributed by atoms with E-state index >= 15 is 0 Å². The van der Waals surface area contributed by atoms with E-state index in [-0.39, 0.29) is 94.1 Å². The van der Waals surface area contributed by atoms with Crippen molar-refractivity contribution >= 4 is 22.3 Å². The number of rotatable bonds is 8. The molecule has 206 valence electrons. The third kappa shape index (κ3) is 7.21. The molecule has 4 aliphatic rings. The first-order valence-corrected chi connectivity index (χ1v) is 14.8. The van der Waals surface area contributed by atoms with Gasteiger partial charge in [0, 0.05) is 0 Å². The number of carboxylic acids is 1. The Labute approximate surface area is 271 Å². The first kappa shape index (κ1) is 35.0. The van der Waals surface area contributed by atoms with Crippen LogP contribution in [-0.2, 0) is 19.4 Å². The summed E-state index contributed by atoms with van der Waals surface area (Å²) >= 11 is 0. The van der Waals surface area contributed by atoms with Gasteiger partial charge in [-0.15, -0.1) is 0 Å². The third-order valence-corrected chi connectivity index (χ3v) is 11.4. The van der Waals surface area contributed by atoms with Crippen molar-refractivity contribution in [2.45, 2.75) is 97.2 Å². The van der Waals surface area contributed by atoms with Gasteiger partial charge in [-0.05, 0) is 116 Å². The molecule has 4 aliphatic carbocycles. The molecule has 0 radical (unpaired) electrons. The molecule has 0 bridgehead atoms. The van der Waals surface area contributed by atoms with Crippen molar-refractivity contribution in [3.05, 3.63) is 0 Å². The van der Waals surface area contributed by atoms with Gasteiger partial charge in [0.15, 0.2) is 0 Å². The number of hydrogen-bond donors (Lipinski definition) is 2.